The van der Waals surface area contributed by atoms with Gasteiger partial charge < -0.3 is 14.6 Å². The molecule has 25 heavy (non-hydrogen) atoms. The van der Waals surface area contributed by atoms with Crippen molar-refractivity contribution in [2.75, 3.05) is 0 Å². The largest absolute Gasteiger partial charge is 0.489 e. The fourth-order valence-corrected chi connectivity index (χ4v) is 6.29. The van der Waals surface area contributed by atoms with E-state index in [1.807, 2.05) is 0 Å². The quantitative estimate of drug-likeness (QED) is 0.569. The summed E-state index contributed by atoms with van der Waals surface area (Å²) in [7, 11) is 0. The van der Waals surface area contributed by atoms with Crippen molar-refractivity contribution in [3.8, 4) is 0 Å². The summed E-state index contributed by atoms with van der Waals surface area (Å²) in [4.78, 5) is 11.2. The van der Waals surface area contributed by atoms with Gasteiger partial charge in [0.15, 0.2) is 0 Å². The molecule has 144 valence electrons. The standard InChI is InChI=1S/C22H38O3/c1-18(2,3)13-20(7,19(4,5)6)17(23)25-22-11-15-8-16(12-22)10-21(24,9-15)14-22/h15-16,24H,8-14H2,1-7H3/p+1. The number of hydrogen-bond donors (Lipinski definition) is 1. The van der Waals surface area contributed by atoms with Gasteiger partial charge in [-0.1, -0.05) is 41.5 Å². The van der Waals surface area contributed by atoms with Gasteiger partial charge in [0.2, 0.25) is 5.60 Å². The molecule has 0 aliphatic heterocycles. The summed E-state index contributed by atoms with van der Waals surface area (Å²) in [5.41, 5.74) is -1.35. The zero-order chi connectivity index (χ0) is 18.9. The van der Waals surface area contributed by atoms with E-state index in [9.17, 15) is 9.90 Å². The van der Waals surface area contributed by atoms with Gasteiger partial charge in [0.05, 0.1) is 5.60 Å². The number of aliphatic hydroxyl groups is 1. The fourth-order valence-electron chi connectivity index (χ4n) is 6.29. The molecule has 0 radical (unpaired) electrons. The Labute approximate surface area is 153 Å². The van der Waals surface area contributed by atoms with Crippen LogP contribution in [0.3, 0.4) is 0 Å². The molecule has 2 N–H and O–H groups in total. The summed E-state index contributed by atoms with van der Waals surface area (Å²) < 4.78 is 6.47. The third-order valence-corrected chi connectivity index (χ3v) is 7.30. The Hall–Kier alpha value is -0.570. The predicted octanol–water partition coefficient (Wildman–Crippen LogP) is 5.08. The van der Waals surface area contributed by atoms with Gasteiger partial charge in [-0.2, -0.15) is 0 Å². The minimum Gasteiger partial charge on any atom is -0.390 e. The van der Waals surface area contributed by atoms with Crippen LogP contribution in [0.1, 0.15) is 93.4 Å². The molecule has 4 aliphatic carbocycles. The van der Waals surface area contributed by atoms with E-state index in [4.69, 9.17) is 4.74 Å². The van der Waals surface area contributed by atoms with Gasteiger partial charge in [-0.15, -0.1) is 0 Å². The van der Waals surface area contributed by atoms with Crippen LogP contribution >= 0.6 is 0 Å². The molecule has 4 fully saturated rings. The topological polar surface area (TPSA) is 50.9 Å². The van der Waals surface area contributed by atoms with E-state index >= 15 is 0 Å². The molecule has 3 heteroatoms. The second-order valence-electron chi connectivity index (χ2n) is 12.1. The minimum atomic E-state index is -0.563. The Bertz CT molecular complexity index is 537. The van der Waals surface area contributed by atoms with Gasteiger partial charge in [-0.05, 0) is 55.3 Å². The Balaban J connectivity index is 1.85. The van der Waals surface area contributed by atoms with E-state index < -0.39 is 11.0 Å². The molecule has 3 nitrogen and oxygen atoms in total. The zero-order valence-corrected chi connectivity index (χ0v) is 17.4. The zero-order valence-electron chi connectivity index (χ0n) is 17.4. The normalized spacial score (nSPS) is 40.0. The van der Waals surface area contributed by atoms with Crippen LogP contribution in [0.15, 0.2) is 0 Å². The van der Waals surface area contributed by atoms with E-state index in [-0.39, 0.29) is 22.4 Å². The Morgan fingerprint density at radius 3 is 1.92 bits per heavy atom. The maximum Gasteiger partial charge on any atom is 0.489 e. The molecular formula is C22H39O3+. The highest BCUT2D eigenvalue weighted by atomic mass is 16.6. The van der Waals surface area contributed by atoms with Crippen molar-refractivity contribution < 1.29 is 14.6 Å². The molecule has 0 spiro atoms. The third kappa shape index (κ3) is 3.50. The van der Waals surface area contributed by atoms with Crippen molar-refractivity contribution in [2.24, 2.45) is 28.1 Å². The molecule has 0 amide bonds. The van der Waals surface area contributed by atoms with Crippen LogP contribution in [-0.4, -0.2) is 27.1 Å². The molecule has 0 saturated heterocycles. The Morgan fingerprint density at radius 1 is 1.00 bits per heavy atom. The molecule has 4 rings (SSSR count). The average Bonchev–Trinajstić information content (AvgIpc) is 2.30. The molecular weight excluding hydrogens is 312 g/mol. The molecule has 4 saturated carbocycles. The third-order valence-electron chi connectivity index (χ3n) is 7.30. The molecule has 0 heterocycles. The summed E-state index contributed by atoms with van der Waals surface area (Å²) in [6.07, 6.45) is 6.61. The van der Waals surface area contributed by atoms with Crippen molar-refractivity contribution in [3.05, 3.63) is 0 Å². The van der Waals surface area contributed by atoms with E-state index in [0.29, 0.717) is 18.3 Å². The first-order valence-electron chi connectivity index (χ1n) is 10.1. The Morgan fingerprint density at radius 2 is 1.52 bits per heavy atom. The van der Waals surface area contributed by atoms with E-state index in [2.05, 4.69) is 48.5 Å². The van der Waals surface area contributed by atoms with Gasteiger partial charge >= 0.3 is 5.97 Å². The second kappa shape index (κ2) is 5.47. The number of carbonyl (C=O) groups excluding carboxylic acids is 1. The van der Waals surface area contributed by atoms with Crippen molar-refractivity contribution >= 4 is 5.97 Å². The van der Waals surface area contributed by atoms with Crippen LogP contribution in [0, 0.1) is 28.1 Å². The molecule has 4 aliphatic rings. The van der Waals surface area contributed by atoms with Gasteiger partial charge in [0.1, 0.15) is 5.41 Å². The van der Waals surface area contributed by atoms with Crippen molar-refractivity contribution in [3.63, 3.8) is 0 Å². The molecule has 0 aromatic carbocycles. The maximum atomic E-state index is 11.2. The lowest BCUT2D eigenvalue weighted by Gasteiger charge is -2.56. The summed E-state index contributed by atoms with van der Waals surface area (Å²) in [6.45, 7) is 15.4. The van der Waals surface area contributed by atoms with Crippen LogP contribution in [0.4, 0.5) is 0 Å². The number of hydrogen-bond acceptors (Lipinski definition) is 2. The number of ether oxygens (including phenoxy) is 1. The first-order valence-corrected chi connectivity index (χ1v) is 10.1. The van der Waals surface area contributed by atoms with Crippen molar-refractivity contribution in [1.82, 2.24) is 0 Å². The van der Waals surface area contributed by atoms with Crippen LogP contribution in [-0.2, 0) is 4.74 Å². The highest BCUT2D eigenvalue weighted by Gasteiger charge is 2.64. The summed E-state index contributed by atoms with van der Waals surface area (Å²) >= 11 is 0. The van der Waals surface area contributed by atoms with Gasteiger partial charge in [-0.3, -0.25) is 0 Å². The highest BCUT2D eigenvalue weighted by molar-refractivity contribution is 5.79. The number of esters is 1. The molecule has 3 atom stereocenters. The van der Waals surface area contributed by atoms with Gasteiger partial charge in [0, 0.05) is 19.3 Å². The molecule has 0 aromatic rings. The van der Waals surface area contributed by atoms with Crippen molar-refractivity contribution in [1.29, 1.82) is 0 Å². The van der Waals surface area contributed by atoms with Crippen molar-refractivity contribution in [2.45, 2.75) is 105 Å². The highest BCUT2D eigenvalue weighted by Crippen LogP contribution is 2.60. The number of rotatable bonds is 3. The average molecular weight is 352 g/mol. The van der Waals surface area contributed by atoms with Gasteiger partial charge in [0.25, 0.3) is 0 Å². The van der Waals surface area contributed by atoms with Crippen LogP contribution < -0.4 is 0 Å². The van der Waals surface area contributed by atoms with Crippen LogP contribution in [0.25, 0.3) is 0 Å². The van der Waals surface area contributed by atoms with Crippen LogP contribution in [0.5, 0.6) is 0 Å². The van der Waals surface area contributed by atoms with Crippen LogP contribution in [0.2, 0.25) is 0 Å². The monoisotopic (exact) mass is 351 g/mol. The first kappa shape index (κ1) is 19.2. The summed E-state index contributed by atoms with van der Waals surface area (Å²) in [6, 6.07) is 0. The Kier molecular flexibility index (Phi) is 4.20. The second-order valence-corrected chi connectivity index (χ2v) is 12.1. The van der Waals surface area contributed by atoms with E-state index in [1.165, 1.54) is 6.42 Å². The first-order chi connectivity index (χ1) is 11.2. The molecule has 4 bridgehead atoms. The summed E-state index contributed by atoms with van der Waals surface area (Å²) in [5.74, 6) is 1.31. The lowest BCUT2D eigenvalue weighted by molar-refractivity contribution is -0.198. The van der Waals surface area contributed by atoms with E-state index in [1.54, 1.807) is 0 Å². The fraction of sp³-hybridized carbons (Fsp3) is 0.955. The van der Waals surface area contributed by atoms with E-state index in [0.717, 1.165) is 32.1 Å². The molecule has 0 aromatic heterocycles. The summed E-state index contributed by atoms with van der Waals surface area (Å²) in [5, 5.41) is 11.0. The lowest BCUT2D eigenvalue weighted by atomic mass is 9.52. The molecule has 3 unspecified atom stereocenters. The smallest absolute Gasteiger partial charge is 0.390 e. The maximum absolute atomic E-state index is 11.2. The predicted molar refractivity (Wildman–Crippen MR) is 102 cm³/mol. The van der Waals surface area contributed by atoms with Gasteiger partial charge in [-0.25, -0.2) is 0 Å². The minimum absolute atomic E-state index is 0.0963. The SMILES string of the molecule is CC(C)(C)CC(C)(C(=[OH+])OC12CC3CC(CC(O)(C3)C1)C2)C(C)(C)C. The lowest BCUT2D eigenvalue weighted by Crippen LogP contribution is -2.61.